The van der Waals surface area contributed by atoms with E-state index in [2.05, 4.69) is 17.1 Å². The van der Waals surface area contributed by atoms with Crippen LogP contribution < -0.4 is 10.5 Å². The number of aryl methyl sites for hydroxylation is 1. The van der Waals surface area contributed by atoms with Crippen LogP contribution in [0.2, 0.25) is 0 Å². The molecule has 4 heteroatoms. The number of amides is 1. The van der Waals surface area contributed by atoms with Crippen molar-refractivity contribution in [3.63, 3.8) is 0 Å². The molecular weight excluding hydrogens is 252 g/mol. The van der Waals surface area contributed by atoms with Gasteiger partial charge in [-0.1, -0.05) is 18.2 Å². The van der Waals surface area contributed by atoms with Crippen molar-refractivity contribution in [2.75, 3.05) is 26.2 Å². The lowest BCUT2D eigenvalue weighted by molar-refractivity contribution is -0.117. The maximum atomic E-state index is 10.9. The summed E-state index contributed by atoms with van der Waals surface area (Å²) in [7, 11) is 0. The average molecular weight is 274 g/mol. The van der Waals surface area contributed by atoms with Crippen molar-refractivity contribution in [1.82, 2.24) is 4.90 Å². The molecule has 1 aromatic rings. The summed E-state index contributed by atoms with van der Waals surface area (Å²) in [6, 6.07) is 5.79. The average Bonchev–Trinajstić information content (AvgIpc) is 2.90. The number of rotatable bonds is 7. The van der Waals surface area contributed by atoms with E-state index in [9.17, 15) is 4.79 Å². The zero-order chi connectivity index (χ0) is 14.4. The number of carbonyl (C=O) groups is 1. The molecule has 1 aliphatic heterocycles. The summed E-state index contributed by atoms with van der Waals surface area (Å²) in [4.78, 5) is 13.3. The molecule has 0 aliphatic carbocycles. The number of carbonyl (C=O) groups excluding carboxylic acids is 1. The predicted octanol–water partition coefficient (Wildman–Crippen LogP) is 1.66. The molecule has 1 amide bonds. The Balaban J connectivity index is 1.75. The van der Waals surface area contributed by atoms with Crippen molar-refractivity contribution in [1.29, 1.82) is 0 Å². The molecule has 0 saturated heterocycles. The van der Waals surface area contributed by atoms with E-state index in [4.69, 9.17) is 10.5 Å². The second-order valence-corrected chi connectivity index (χ2v) is 5.16. The molecule has 1 heterocycles. The third kappa shape index (κ3) is 4.38. The molecule has 4 nitrogen and oxygen atoms in total. The third-order valence-electron chi connectivity index (χ3n) is 3.46. The Kier molecular flexibility index (Phi) is 5.18. The molecule has 20 heavy (non-hydrogen) atoms. The quantitative estimate of drug-likeness (QED) is 0.608. The highest BCUT2D eigenvalue weighted by Gasteiger charge is 2.06. The Morgan fingerprint density at radius 2 is 2.10 bits per heavy atom. The molecule has 0 atom stereocenters. The SMILES string of the molecule is Cc1cc(OCCCN2CC=CC2)ccc1CC(N)=O. The van der Waals surface area contributed by atoms with Crippen molar-refractivity contribution in [2.24, 2.45) is 5.73 Å². The van der Waals surface area contributed by atoms with Gasteiger partial charge in [-0.25, -0.2) is 0 Å². The Labute approximate surface area is 120 Å². The summed E-state index contributed by atoms with van der Waals surface area (Å²) < 4.78 is 5.74. The monoisotopic (exact) mass is 274 g/mol. The molecule has 0 radical (unpaired) electrons. The molecule has 108 valence electrons. The van der Waals surface area contributed by atoms with Crippen LogP contribution in [0.3, 0.4) is 0 Å². The lowest BCUT2D eigenvalue weighted by atomic mass is 10.1. The second-order valence-electron chi connectivity index (χ2n) is 5.16. The number of nitrogens with two attached hydrogens (primary N) is 1. The minimum absolute atomic E-state index is 0.286. The first-order valence-electron chi connectivity index (χ1n) is 7.03. The first-order chi connectivity index (χ1) is 9.65. The van der Waals surface area contributed by atoms with Crippen LogP contribution in [0.4, 0.5) is 0 Å². The van der Waals surface area contributed by atoms with E-state index in [0.717, 1.165) is 42.9 Å². The number of primary amides is 1. The molecule has 0 fully saturated rings. The molecule has 0 unspecified atom stereocenters. The Morgan fingerprint density at radius 1 is 1.35 bits per heavy atom. The smallest absolute Gasteiger partial charge is 0.221 e. The molecule has 0 saturated carbocycles. The van der Waals surface area contributed by atoms with Crippen LogP contribution >= 0.6 is 0 Å². The zero-order valence-electron chi connectivity index (χ0n) is 12.0. The molecule has 1 aliphatic rings. The third-order valence-corrected chi connectivity index (χ3v) is 3.46. The van der Waals surface area contributed by atoms with Gasteiger partial charge in [-0.15, -0.1) is 0 Å². The van der Waals surface area contributed by atoms with Crippen molar-refractivity contribution < 1.29 is 9.53 Å². The van der Waals surface area contributed by atoms with E-state index in [-0.39, 0.29) is 12.3 Å². The summed E-state index contributed by atoms with van der Waals surface area (Å²) in [5.41, 5.74) is 7.22. The normalized spacial score (nSPS) is 14.7. The summed E-state index contributed by atoms with van der Waals surface area (Å²) in [5.74, 6) is 0.552. The fourth-order valence-corrected chi connectivity index (χ4v) is 2.33. The van der Waals surface area contributed by atoms with Gasteiger partial charge in [0.25, 0.3) is 0 Å². The van der Waals surface area contributed by atoms with Crippen LogP contribution in [-0.4, -0.2) is 37.0 Å². The lowest BCUT2D eigenvalue weighted by Crippen LogP contribution is -2.22. The summed E-state index contributed by atoms with van der Waals surface area (Å²) >= 11 is 0. The number of benzene rings is 1. The van der Waals surface area contributed by atoms with E-state index in [1.807, 2.05) is 25.1 Å². The van der Waals surface area contributed by atoms with Gasteiger partial charge in [0.1, 0.15) is 5.75 Å². The zero-order valence-corrected chi connectivity index (χ0v) is 12.0. The standard InChI is InChI=1S/C16H22N2O2/c1-13-11-15(6-5-14(13)12-16(17)19)20-10-4-9-18-7-2-3-8-18/h2-3,5-6,11H,4,7-10,12H2,1H3,(H2,17,19). The predicted molar refractivity (Wildman–Crippen MR) is 79.8 cm³/mol. The van der Waals surface area contributed by atoms with Gasteiger partial charge in [0.05, 0.1) is 13.0 Å². The number of hydrogen-bond acceptors (Lipinski definition) is 3. The van der Waals surface area contributed by atoms with Crippen LogP contribution in [0, 0.1) is 6.92 Å². The van der Waals surface area contributed by atoms with E-state index >= 15 is 0 Å². The van der Waals surface area contributed by atoms with Gasteiger partial charge >= 0.3 is 0 Å². The Hall–Kier alpha value is -1.81. The molecule has 2 rings (SSSR count). The van der Waals surface area contributed by atoms with Gasteiger partial charge in [0.2, 0.25) is 5.91 Å². The minimum atomic E-state index is -0.305. The van der Waals surface area contributed by atoms with Gasteiger partial charge in [-0.2, -0.15) is 0 Å². The first-order valence-corrected chi connectivity index (χ1v) is 7.03. The fourth-order valence-electron chi connectivity index (χ4n) is 2.33. The minimum Gasteiger partial charge on any atom is -0.494 e. The number of ether oxygens (including phenoxy) is 1. The van der Waals surface area contributed by atoms with E-state index in [1.165, 1.54) is 0 Å². The maximum Gasteiger partial charge on any atom is 0.221 e. The second kappa shape index (κ2) is 7.10. The maximum absolute atomic E-state index is 10.9. The highest BCUT2D eigenvalue weighted by atomic mass is 16.5. The summed E-state index contributed by atoms with van der Waals surface area (Å²) in [6.07, 6.45) is 5.70. The van der Waals surface area contributed by atoms with Crippen molar-refractivity contribution >= 4 is 5.91 Å². The number of nitrogens with zero attached hydrogens (tertiary/aromatic N) is 1. The van der Waals surface area contributed by atoms with Crippen molar-refractivity contribution in [3.8, 4) is 5.75 Å². The van der Waals surface area contributed by atoms with E-state index < -0.39 is 0 Å². The molecule has 0 aromatic heterocycles. The van der Waals surface area contributed by atoms with Gasteiger partial charge < -0.3 is 10.5 Å². The van der Waals surface area contributed by atoms with Crippen LogP contribution in [0.5, 0.6) is 5.75 Å². The molecule has 2 N–H and O–H groups in total. The van der Waals surface area contributed by atoms with Gasteiger partial charge in [-0.05, 0) is 36.6 Å². The molecular formula is C16H22N2O2. The van der Waals surface area contributed by atoms with Gasteiger partial charge in [0.15, 0.2) is 0 Å². The van der Waals surface area contributed by atoms with Crippen LogP contribution in [0.1, 0.15) is 17.5 Å². The largest absolute Gasteiger partial charge is 0.494 e. The topological polar surface area (TPSA) is 55.6 Å². The number of hydrogen-bond donors (Lipinski definition) is 1. The van der Waals surface area contributed by atoms with Gasteiger partial charge in [-0.3, -0.25) is 9.69 Å². The lowest BCUT2D eigenvalue weighted by Gasteiger charge is -2.15. The Morgan fingerprint density at radius 3 is 2.75 bits per heavy atom. The van der Waals surface area contributed by atoms with Crippen LogP contribution in [0.15, 0.2) is 30.4 Å². The van der Waals surface area contributed by atoms with Gasteiger partial charge in [0, 0.05) is 19.6 Å². The fraction of sp³-hybridized carbons (Fsp3) is 0.438. The highest BCUT2D eigenvalue weighted by Crippen LogP contribution is 2.18. The first kappa shape index (κ1) is 14.6. The van der Waals surface area contributed by atoms with Crippen LogP contribution in [-0.2, 0) is 11.2 Å². The van der Waals surface area contributed by atoms with Crippen molar-refractivity contribution in [3.05, 3.63) is 41.5 Å². The molecule has 1 aromatic carbocycles. The molecule has 0 spiro atoms. The van der Waals surface area contributed by atoms with E-state index in [1.54, 1.807) is 0 Å². The van der Waals surface area contributed by atoms with E-state index in [0.29, 0.717) is 6.61 Å². The van der Waals surface area contributed by atoms with Crippen LogP contribution in [0.25, 0.3) is 0 Å². The Bertz CT molecular complexity index is 489. The summed E-state index contributed by atoms with van der Waals surface area (Å²) in [6.45, 7) is 5.86. The molecule has 0 bridgehead atoms. The summed E-state index contributed by atoms with van der Waals surface area (Å²) in [5, 5.41) is 0. The van der Waals surface area contributed by atoms with Crippen molar-refractivity contribution in [2.45, 2.75) is 19.8 Å². The highest BCUT2D eigenvalue weighted by molar-refractivity contribution is 5.77.